The van der Waals surface area contributed by atoms with Gasteiger partial charge in [-0.05, 0) is 68.7 Å². The van der Waals surface area contributed by atoms with Gasteiger partial charge in [-0.1, -0.05) is 18.2 Å². The van der Waals surface area contributed by atoms with Crippen LogP contribution in [0.25, 0.3) is 0 Å². The number of urea groups is 1. The summed E-state index contributed by atoms with van der Waals surface area (Å²) < 4.78 is 10.9. The Bertz CT molecular complexity index is 780. The lowest BCUT2D eigenvalue weighted by Gasteiger charge is -2.11. The van der Waals surface area contributed by atoms with Crippen molar-refractivity contribution >= 4 is 12.0 Å². The lowest BCUT2D eigenvalue weighted by molar-refractivity contribution is 0.0450. The average molecular weight is 384 g/mol. The van der Waals surface area contributed by atoms with Crippen molar-refractivity contribution in [1.82, 2.24) is 10.6 Å². The standard InChI is InChI=1S/C22H28N2O4/c1-15(2)24-22(26)23-14-18-5-7-19(8-6-18)21(25)28-10-9-27-20-12-16(3)11-17(4)13-20/h5-8,11-13,15H,9-10,14H2,1-4H3,(H2,23,24,26). The van der Waals surface area contributed by atoms with Crippen LogP contribution >= 0.6 is 0 Å². The van der Waals surface area contributed by atoms with Crippen LogP contribution < -0.4 is 15.4 Å². The van der Waals surface area contributed by atoms with Crippen LogP contribution in [-0.4, -0.2) is 31.3 Å². The zero-order chi connectivity index (χ0) is 20.5. The minimum Gasteiger partial charge on any atom is -0.490 e. The van der Waals surface area contributed by atoms with Crippen molar-refractivity contribution in [1.29, 1.82) is 0 Å². The van der Waals surface area contributed by atoms with E-state index in [0.717, 1.165) is 22.4 Å². The largest absolute Gasteiger partial charge is 0.490 e. The third-order valence-corrected chi connectivity index (χ3v) is 3.84. The lowest BCUT2D eigenvalue weighted by atomic mass is 10.1. The zero-order valence-electron chi connectivity index (χ0n) is 16.9. The second-order valence-electron chi connectivity index (χ2n) is 6.99. The quantitative estimate of drug-likeness (QED) is 0.537. The highest BCUT2D eigenvalue weighted by atomic mass is 16.6. The van der Waals surface area contributed by atoms with Gasteiger partial charge in [-0.25, -0.2) is 9.59 Å². The van der Waals surface area contributed by atoms with Gasteiger partial charge in [0.2, 0.25) is 0 Å². The Morgan fingerprint density at radius 3 is 2.21 bits per heavy atom. The van der Waals surface area contributed by atoms with Crippen LogP contribution in [0.15, 0.2) is 42.5 Å². The summed E-state index contributed by atoms with van der Waals surface area (Å²) in [5.41, 5.74) is 3.61. The number of ether oxygens (including phenoxy) is 2. The van der Waals surface area contributed by atoms with Crippen LogP contribution in [-0.2, 0) is 11.3 Å². The van der Waals surface area contributed by atoms with Crippen molar-refractivity contribution in [2.24, 2.45) is 0 Å². The summed E-state index contributed by atoms with van der Waals surface area (Å²) in [5, 5.41) is 5.51. The lowest BCUT2D eigenvalue weighted by Crippen LogP contribution is -2.39. The van der Waals surface area contributed by atoms with Gasteiger partial charge in [-0.2, -0.15) is 0 Å². The maximum absolute atomic E-state index is 12.1. The minimum absolute atomic E-state index is 0.0797. The average Bonchev–Trinajstić information content (AvgIpc) is 2.62. The fourth-order valence-electron chi connectivity index (χ4n) is 2.65. The molecule has 0 saturated heterocycles. The van der Waals surface area contributed by atoms with Crippen molar-refractivity contribution in [3.63, 3.8) is 0 Å². The topological polar surface area (TPSA) is 76.7 Å². The molecule has 0 aliphatic rings. The van der Waals surface area contributed by atoms with Gasteiger partial charge in [-0.3, -0.25) is 0 Å². The van der Waals surface area contributed by atoms with Gasteiger partial charge in [0.15, 0.2) is 0 Å². The second kappa shape index (κ2) is 10.3. The second-order valence-corrected chi connectivity index (χ2v) is 6.99. The van der Waals surface area contributed by atoms with Gasteiger partial charge in [0, 0.05) is 12.6 Å². The van der Waals surface area contributed by atoms with Crippen LogP contribution in [0, 0.1) is 13.8 Å². The van der Waals surface area contributed by atoms with Gasteiger partial charge >= 0.3 is 12.0 Å². The fourth-order valence-corrected chi connectivity index (χ4v) is 2.65. The molecule has 0 unspecified atom stereocenters. The third-order valence-electron chi connectivity index (χ3n) is 3.84. The molecule has 150 valence electrons. The third kappa shape index (κ3) is 7.31. The van der Waals surface area contributed by atoms with Gasteiger partial charge in [-0.15, -0.1) is 0 Å². The Morgan fingerprint density at radius 1 is 0.964 bits per heavy atom. The van der Waals surface area contributed by atoms with Crippen LogP contribution in [0.1, 0.15) is 40.9 Å². The van der Waals surface area contributed by atoms with Gasteiger partial charge in [0.25, 0.3) is 0 Å². The molecule has 0 fully saturated rings. The van der Waals surface area contributed by atoms with E-state index in [1.54, 1.807) is 24.3 Å². The van der Waals surface area contributed by atoms with E-state index in [-0.39, 0.29) is 18.7 Å². The molecule has 0 radical (unpaired) electrons. The zero-order valence-corrected chi connectivity index (χ0v) is 16.9. The molecule has 0 aliphatic carbocycles. The highest BCUT2D eigenvalue weighted by Gasteiger charge is 2.08. The molecule has 2 aromatic rings. The number of aryl methyl sites for hydroxylation is 2. The van der Waals surface area contributed by atoms with E-state index in [1.165, 1.54) is 0 Å². The monoisotopic (exact) mass is 384 g/mol. The maximum atomic E-state index is 12.1. The van der Waals surface area contributed by atoms with Crippen LogP contribution in [0.2, 0.25) is 0 Å². The van der Waals surface area contributed by atoms with E-state index in [1.807, 2.05) is 39.8 Å². The molecule has 6 heteroatoms. The number of esters is 1. The first kappa shape index (κ1) is 21.3. The molecule has 0 spiro atoms. The van der Waals surface area contributed by atoms with E-state index in [2.05, 4.69) is 16.7 Å². The van der Waals surface area contributed by atoms with E-state index in [0.29, 0.717) is 18.7 Å². The van der Waals surface area contributed by atoms with Crippen LogP contribution in [0.5, 0.6) is 5.75 Å². The number of benzene rings is 2. The first-order valence-corrected chi connectivity index (χ1v) is 9.35. The van der Waals surface area contributed by atoms with E-state index < -0.39 is 5.97 Å². The number of hydrogen-bond acceptors (Lipinski definition) is 4. The number of rotatable bonds is 8. The molecule has 0 bridgehead atoms. The SMILES string of the molecule is Cc1cc(C)cc(OCCOC(=O)c2ccc(CNC(=O)NC(C)C)cc2)c1. The molecule has 0 saturated carbocycles. The summed E-state index contributed by atoms with van der Waals surface area (Å²) in [6.07, 6.45) is 0. The summed E-state index contributed by atoms with van der Waals surface area (Å²) in [7, 11) is 0. The normalized spacial score (nSPS) is 10.5. The van der Waals surface area contributed by atoms with Crippen molar-refractivity contribution in [3.05, 3.63) is 64.7 Å². The summed E-state index contributed by atoms with van der Waals surface area (Å²) >= 11 is 0. The molecule has 2 N–H and O–H groups in total. The summed E-state index contributed by atoms with van der Waals surface area (Å²) in [5.74, 6) is 0.369. The Hall–Kier alpha value is -3.02. The van der Waals surface area contributed by atoms with Crippen LogP contribution in [0.3, 0.4) is 0 Å². The van der Waals surface area contributed by atoms with Crippen molar-refractivity contribution < 1.29 is 19.1 Å². The first-order valence-electron chi connectivity index (χ1n) is 9.35. The van der Waals surface area contributed by atoms with E-state index in [9.17, 15) is 9.59 Å². The molecule has 2 amide bonds. The van der Waals surface area contributed by atoms with E-state index >= 15 is 0 Å². The van der Waals surface area contributed by atoms with Gasteiger partial charge in [0.05, 0.1) is 5.56 Å². The molecular weight excluding hydrogens is 356 g/mol. The first-order chi connectivity index (χ1) is 13.3. The highest BCUT2D eigenvalue weighted by Crippen LogP contribution is 2.16. The number of hydrogen-bond donors (Lipinski definition) is 2. The molecule has 0 aliphatic heterocycles. The van der Waals surface area contributed by atoms with Crippen molar-refractivity contribution in [2.75, 3.05) is 13.2 Å². The molecule has 28 heavy (non-hydrogen) atoms. The number of nitrogens with one attached hydrogen (secondary N) is 2. The van der Waals surface area contributed by atoms with Gasteiger partial charge in [0.1, 0.15) is 19.0 Å². The molecule has 0 aromatic heterocycles. The van der Waals surface area contributed by atoms with Crippen molar-refractivity contribution in [3.8, 4) is 5.75 Å². The summed E-state index contributed by atoms with van der Waals surface area (Å²) in [4.78, 5) is 23.7. The molecular formula is C22H28N2O4. The Balaban J connectivity index is 1.74. The van der Waals surface area contributed by atoms with E-state index in [4.69, 9.17) is 9.47 Å². The maximum Gasteiger partial charge on any atom is 0.338 e. The molecule has 2 rings (SSSR count). The predicted octanol–water partition coefficient (Wildman–Crippen LogP) is 3.75. The Morgan fingerprint density at radius 2 is 1.61 bits per heavy atom. The van der Waals surface area contributed by atoms with Gasteiger partial charge < -0.3 is 20.1 Å². The number of carbonyl (C=O) groups excluding carboxylic acids is 2. The summed E-state index contributed by atoms with van der Waals surface area (Å²) in [6.45, 7) is 8.66. The minimum atomic E-state index is -0.402. The molecule has 6 nitrogen and oxygen atoms in total. The number of amides is 2. The summed E-state index contributed by atoms with van der Waals surface area (Å²) in [6, 6.07) is 12.8. The number of carbonyl (C=O) groups is 2. The smallest absolute Gasteiger partial charge is 0.338 e. The Labute approximate surface area is 166 Å². The molecule has 0 atom stereocenters. The highest BCUT2D eigenvalue weighted by molar-refractivity contribution is 5.89. The molecule has 0 heterocycles. The van der Waals surface area contributed by atoms with Crippen LogP contribution in [0.4, 0.5) is 4.79 Å². The van der Waals surface area contributed by atoms with Crippen molar-refractivity contribution in [2.45, 2.75) is 40.3 Å². The molecule has 2 aromatic carbocycles. The Kier molecular flexibility index (Phi) is 7.87. The predicted molar refractivity (Wildman–Crippen MR) is 109 cm³/mol. The fraction of sp³-hybridized carbons (Fsp3) is 0.364.